The molecule has 0 N–H and O–H groups in total. The van der Waals surface area contributed by atoms with Gasteiger partial charge in [-0.3, -0.25) is 4.79 Å². The van der Waals surface area contributed by atoms with Gasteiger partial charge >= 0.3 is 0 Å². The van der Waals surface area contributed by atoms with Gasteiger partial charge in [-0.05, 0) is 31.9 Å². The molecule has 0 amide bonds. The van der Waals surface area contributed by atoms with E-state index in [-0.39, 0.29) is 5.78 Å². The fourth-order valence-corrected chi connectivity index (χ4v) is 2.61. The van der Waals surface area contributed by atoms with Gasteiger partial charge in [0.1, 0.15) is 0 Å². The first kappa shape index (κ1) is 12.0. The number of hydrogen-bond donors (Lipinski definition) is 0. The van der Waals surface area contributed by atoms with Crippen LogP contribution >= 0.6 is 11.3 Å². The second-order valence-electron chi connectivity index (χ2n) is 4.22. The van der Waals surface area contributed by atoms with Gasteiger partial charge in [-0.15, -0.1) is 11.3 Å². The number of ketones is 1. The van der Waals surface area contributed by atoms with E-state index in [1.165, 1.54) is 0 Å². The molecule has 0 aliphatic carbocycles. The minimum atomic E-state index is 0.158. The van der Waals surface area contributed by atoms with Crippen LogP contribution in [0.5, 0.6) is 0 Å². The van der Waals surface area contributed by atoms with Crippen LogP contribution in [0.1, 0.15) is 32.2 Å². The van der Waals surface area contributed by atoms with E-state index in [0.717, 1.165) is 27.4 Å². The zero-order valence-electron chi connectivity index (χ0n) is 10.3. The SMILES string of the molecule is Cc1nc(CC(=O)c2c(C)cccc2C)cs1. The lowest BCUT2D eigenvalue weighted by Gasteiger charge is -2.07. The molecule has 2 aromatic rings. The van der Waals surface area contributed by atoms with Crippen molar-refractivity contribution in [1.29, 1.82) is 0 Å². The number of nitrogens with zero attached hydrogens (tertiary/aromatic N) is 1. The summed E-state index contributed by atoms with van der Waals surface area (Å²) < 4.78 is 0. The predicted molar refractivity (Wildman–Crippen MR) is 70.8 cm³/mol. The number of rotatable bonds is 3. The van der Waals surface area contributed by atoms with Crippen LogP contribution in [-0.4, -0.2) is 10.8 Å². The Morgan fingerprint density at radius 3 is 2.41 bits per heavy atom. The lowest BCUT2D eigenvalue weighted by Crippen LogP contribution is -2.08. The Kier molecular flexibility index (Phi) is 3.38. The van der Waals surface area contributed by atoms with Crippen LogP contribution < -0.4 is 0 Å². The normalized spacial score (nSPS) is 10.5. The Morgan fingerprint density at radius 2 is 1.88 bits per heavy atom. The third-order valence-corrected chi connectivity index (χ3v) is 3.59. The zero-order chi connectivity index (χ0) is 12.4. The molecule has 88 valence electrons. The van der Waals surface area contributed by atoms with Gasteiger partial charge in [0.15, 0.2) is 5.78 Å². The van der Waals surface area contributed by atoms with Crippen LogP contribution in [0, 0.1) is 20.8 Å². The molecule has 0 spiro atoms. The maximum atomic E-state index is 12.2. The zero-order valence-corrected chi connectivity index (χ0v) is 11.1. The molecule has 0 atom stereocenters. The summed E-state index contributed by atoms with van der Waals surface area (Å²) >= 11 is 1.59. The van der Waals surface area contributed by atoms with E-state index < -0.39 is 0 Å². The number of thiazole rings is 1. The van der Waals surface area contributed by atoms with Gasteiger partial charge in [0.25, 0.3) is 0 Å². The molecule has 17 heavy (non-hydrogen) atoms. The largest absolute Gasteiger partial charge is 0.294 e. The van der Waals surface area contributed by atoms with Gasteiger partial charge in [0.05, 0.1) is 17.1 Å². The van der Waals surface area contributed by atoms with E-state index in [1.807, 2.05) is 44.4 Å². The van der Waals surface area contributed by atoms with Crippen molar-refractivity contribution < 1.29 is 4.79 Å². The second-order valence-corrected chi connectivity index (χ2v) is 5.29. The highest BCUT2D eigenvalue weighted by atomic mass is 32.1. The molecule has 2 rings (SSSR count). The van der Waals surface area contributed by atoms with Crippen molar-refractivity contribution >= 4 is 17.1 Å². The minimum absolute atomic E-state index is 0.158. The van der Waals surface area contributed by atoms with Crippen LogP contribution in [0.25, 0.3) is 0 Å². The quantitative estimate of drug-likeness (QED) is 0.775. The number of Topliss-reactive ketones (excluding diaryl/α,β-unsaturated/α-hetero) is 1. The summed E-state index contributed by atoms with van der Waals surface area (Å²) in [6.07, 6.45) is 0.399. The van der Waals surface area contributed by atoms with E-state index in [2.05, 4.69) is 4.98 Å². The minimum Gasteiger partial charge on any atom is -0.294 e. The number of aryl methyl sites for hydroxylation is 3. The Morgan fingerprint density at radius 1 is 1.24 bits per heavy atom. The maximum absolute atomic E-state index is 12.2. The van der Waals surface area contributed by atoms with Gasteiger partial charge in [-0.25, -0.2) is 4.98 Å². The molecule has 0 aliphatic rings. The van der Waals surface area contributed by atoms with Crippen molar-refractivity contribution in [1.82, 2.24) is 4.98 Å². The third kappa shape index (κ3) is 2.61. The highest BCUT2D eigenvalue weighted by Gasteiger charge is 2.13. The molecule has 0 unspecified atom stereocenters. The highest BCUT2D eigenvalue weighted by molar-refractivity contribution is 7.09. The van der Waals surface area contributed by atoms with Crippen molar-refractivity contribution in [2.75, 3.05) is 0 Å². The molecular formula is C14H15NOS. The summed E-state index contributed by atoms with van der Waals surface area (Å²) in [5.74, 6) is 0.158. The summed E-state index contributed by atoms with van der Waals surface area (Å²) in [4.78, 5) is 16.6. The lowest BCUT2D eigenvalue weighted by atomic mass is 9.97. The molecule has 0 saturated carbocycles. The Hall–Kier alpha value is -1.48. The van der Waals surface area contributed by atoms with Crippen molar-refractivity contribution in [2.45, 2.75) is 27.2 Å². The monoisotopic (exact) mass is 245 g/mol. The molecule has 0 saturated heterocycles. The third-order valence-electron chi connectivity index (χ3n) is 2.77. The summed E-state index contributed by atoms with van der Waals surface area (Å²) in [7, 11) is 0. The average Bonchev–Trinajstić information content (AvgIpc) is 2.63. The molecule has 2 nitrogen and oxygen atoms in total. The Bertz CT molecular complexity index is 537. The molecular weight excluding hydrogens is 230 g/mol. The smallest absolute Gasteiger partial charge is 0.169 e. The van der Waals surface area contributed by atoms with Crippen LogP contribution in [-0.2, 0) is 6.42 Å². The average molecular weight is 245 g/mol. The van der Waals surface area contributed by atoms with Crippen LogP contribution in [0.4, 0.5) is 0 Å². The van der Waals surface area contributed by atoms with E-state index in [0.29, 0.717) is 6.42 Å². The molecule has 0 radical (unpaired) electrons. The van der Waals surface area contributed by atoms with Crippen molar-refractivity contribution in [3.8, 4) is 0 Å². The van der Waals surface area contributed by atoms with Crippen LogP contribution in [0.2, 0.25) is 0 Å². The molecule has 1 heterocycles. The fourth-order valence-electron chi connectivity index (χ4n) is 2.00. The molecule has 0 fully saturated rings. The summed E-state index contributed by atoms with van der Waals surface area (Å²) in [6, 6.07) is 5.94. The van der Waals surface area contributed by atoms with Gasteiger partial charge < -0.3 is 0 Å². The van der Waals surface area contributed by atoms with E-state index in [1.54, 1.807) is 11.3 Å². The van der Waals surface area contributed by atoms with Crippen LogP contribution in [0.15, 0.2) is 23.6 Å². The van der Waals surface area contributed by atoms with Crippen molar-refractivity contribution in [3.05, 3.63) is 51.0 Å². The molecule has 1 aromatic heterocycles. The van der Waals surface area contributed by atoms with Crippen LogP contribution in [0.3, 0.4) is 0 Å². The van der Waals surface area contributed by atoms with E-state index in [4.69, 9.17) is 0 Å². The van der Waals surface area contributed by atoms with Gasteiger partial charge in [0, 0.05) is 10.9 Å². The lowest BCUT2D eigenvalue weighted by molar-refractivity contribution is 0.0991. The fraction of sp³-hybridized carbons (Fsp3) is 0.286. The molecule has 0 aliphatic heterocycles. The maximum Gasteiger partial charge on any atom is 0.169 e. The van der Waals surface area contributed by atoms with Gasteiger partial charge in [0.2, 0.25) is 0 Å². The van der Waals surface area contributed by atoms with Gasteiger partial charge in [-0.1, -0.05) is 18.2 Å². The standard InChI is InChI=1S/C14H15NOS/c1-9-5-4-6-10(2)14(9)13(16)7-12-8-17-11(3)15-12/h4-6,8H,7H2,1-3H3. The molecule has 0 bridgehead atoms. The summed E-state index contributed by atoms with van der Waals surface area (Å²) in [6.45, 7) is 5.91. The summed E-state index contributed by atoms with van der Waals surface area (Å²) in [5.41, 5.74) is 3.81. The molecule has 3 heteroatoms. The Balaban J connectivity index is 2.26. The highest BCUT2D eigenvalue weighted by Crippen LogP contribution is 2.17. The topological polar surface area (TPSA) is 30.0 Å². The molecule has 1 aromatic carbocycles. The first-order valence-electron chi connectivity index (χ1n) is 5.58. The first-order chi connectivity index (χ1) is 8.08. The van der Waals surface area contributed by atoms with Crippen molar-refractivity contribution in [3.63, 3.8) is 0 Å². The van der Waals surface area contributed by atoms with E-state index >= 15 is 0 Å². The summed E-state index contributed by atoms with van der Waals surface area (Å²) in [5, 5.41) is 2.97. The number of carbonyl (C=O) groups is 1. The number of hydrogen-bond acceptors (Lipinski definition) is 3. The van der Waals surface area contributed by atoms with E-state index in [9.17, 15) is 4.79 Å². The first-order valence-corrected chi connectivity index (χ1v) is 6.46. The second kappa shape index (κ2) is 4.80. The number of aromatic nitrogens is 1. The van der Waals surface area contributed by atoms with Gasteiger partial charge in [-0.2, -0.15) is 0 Å². The number of carbonyl (C=O) groups excluding carboxylic acids is 1. The Labute approximate surface area is 105 Å². The number of benzene rings is 1. The van der Waals surface area contributed by atoms with Crippen molar-refractivity contribution in [2.24, 2.45) is 0 Å². The predicted octanol–water partition coefficient (Wildman–Crippen LogP) is 3.49.